The molecule has 0 aromatic rings. The van der Waals surface area contributed by atoms with Gasteiger partial charge in [0.15, 0.2) is 0 Å². The van der Waals surface area contributed by atoms with E-state index in [1.165, 1.54) is 56.5 Å². The van der Waals surface area contributed by atoms with Crippen LogP contribution in [0.25, 0.3) is 0 Å². The van der Waals surface area contributed by atoms with E-state index in [9.17, 15) is 4.79 Å². The first-order chi connectivity index (χ1) is 10.3. The van der Waals surface area contributed by atoms with Gasteiger partial charge in [0.25, 0.3) is 0 Å². The maximum atomic E-state index is 12.9. The molecule has 3 aliphatic rings. The summed E-state index contributed by atoms with van der Waals surface area (Å²) in [6.45, 7) is 2.21. The number of amides is 1. The Morgan fingerprint density at radius 3 is 2.57 bits per heavy atom. The number of carbonyl (C=O) groups excluding carboxylic acids is 1. The van der Waals surface area contributed by atoms with Gasteiger partial charge in [-0.25, -0.2) is 0 Å². The van der Waals surface area contributed by atoms with Crippen molar-refractivity contribution in [3.63, 3.8) is 0 Å². The lowest BCUT2D eigenvalue weighted by Gasteiger charge is -2.37. The molecule has 0 spiro atoms. The molecule has 2 saturated heterocycles. The van der Waals surface area contributed by atoms with Gasteiger partial charge in [-0.1, -0.05) is 32.6 Å². The lowest BCUT2D eigenvalue weighted by molar-refractivity contribution is -0.133. The highest BCUT2D eigenvalue weighted by Gasteiger charge is 2.45. The summed E-state index contributed by atoms with van der Waals surface area (Å²) in [6.07, 6.45) is 11.4. The van der Waals surface area contributed by atoms with E-state index in [-0.39, 0.29) is 6.04 Å². The smallest absolute Gasteiger partial charge is 0.241 e. The summed E-state index contributed by atoms with van der Waals surface area (Å²) < 4.78 is 0. The van der Waals surface area contributed by atoms with Gasteiger partial charge < -0.3 is 4.90 Å². The van der Waals surface area contributed by atoms with Crippen molar-refractivity contribution in [2.75, 3.05) is 11.5 Å². The quantitative estimate of drug-likeness (QED) is 0.845. The minimum atomic E-state index is 0.102. The number of nitrogens with zero attached hydrogens (tertiary/aromatic N) is 1. The molecule has 1 aliphatic carbocycles. The van der Waals surface area contributed by atoms with Gasteiger partial charge in [-0.3, -0.25) is 10.1 Å². The Bertz CT molecular complexity index is 351. The molecule has 0 radical (unpaired) electrons. The number of hydrogen-bond acceptors (Lipinski definition) is 3. The van der Waals surface area contributed by atoms with Gasteiger partial charge in [-0.05, 0) is 49.5 Å². The van der Waals surface area contributed by atoms with Crippen molar-refractivity contribution in [1.82, 2.24) is 10.2 Å². The summed E-state index contributed by atoms with van der Waals surface area (Å²) in [7, 11) is 0. The Labute approximate surface area is 133 Å². The Morgan fingerprint density at radius 2 is 1.90 bits per heavy atom. The molecular formula is C17H30N2OS. The van der Waals surface area contributed by atoms with Crippen molar-refractivity contribution >= 4 is 17.7 Å². The van der Waals surface area contributed by atoms with Gasteiger partial charge in [0.05, 0.1) is 12.2 Å². The topological polar surface area (TPSA) is 32.3 Å². The molecule has 120 valence electrons. The van der Waals surface area contributed by atoms with Crippen molar-refractivity contribution in [2.45, 2.75) is 83.0 Å². The van der Waals surface area contributed by atoms with Crippen LogP contribution in [0.15, 0.2) is 0 Å². The zero-order valence-corrected chi connectivity index (χ0v) is 14.2. The standard InChI is InChI=1S/C17H30N2OS/c1-2-3-8-15-17(20)19(14-9-11-21-12-10-14)16(18-15)13-6-4-5-7-13/h13-16,18H,2-12H2,1H3. The molecule has 3 fully saturated rings. The number of unbranched alkanes of at least 4 members (excludes halogenated alkanes) is 1. The zero-order valence-electron chi connectivity index (χ0n) is 13.4. The maximum absolute atomic E-state index is 12.9. The second kappa shape index (κ2) is 7.36. The highest BCUT2D eigenvalue weighted by molar-refractivity contribution is 7.99. The fraction of sp³-hybridized carbons (Fsp3) is 0.941. The van der Waals surface area contributed by atoms with Crippen LogP contribution in [0.5, 0.6) is 0 Å². The second-order valence-corrected chi connectivity index (χ2v) is 8.16. The molecular weight excluding hydrogens is 280 g/mol. The largest absolute Gasteiger partial charge is 0.322 e. The van der Waals surface area contributed by atoms with E-state index in [4.69, 9.17) is 0 Å². The first-order valence-electron chi connectivity index (χ1n) is 8.97. The normalized spacial score (nSPS) is 32.2. The van der Waals surface area contributed by atoms with Crippen LogP contribution in [0.1, 0.15) is 64.7 Å². The molecule has 2 heterocycles. The predicted octanol–water partition coefficient (Wildman–Crippen LogP) is 3.39. The van der Waals surface area contributed by atoms with Crippen LogP contribution in [0.3, 0.4) is 0 Å². The van der Waals surface area contributed by atoms with E-state index in [1.54, 1.807) is 0 Å². The van der Waals surface area contributed by atoms with E-state index < -0.39 is 0 Å². The zero-order chi connectivity index (χ0) is 14.7. The van der Waals surface area contributed by atoms with E-state index in [2.05, 4.69) is 17.1 Å². The molecule has 2 aliphatic heterocycles. The van der Waals surface area contributed by atoms with Crippen LogP contribution in [0.2, 0.25) is 0 Å². The number of thioether (sulfide) groups is 1. The van der Waals surface area contributed by atoms with Crippen molar-refractivity contribution in [2.24, 2.45) is 5.92 Å². The third kappa shape index (κ3) is 3.42. The Balaban J connectivity index is 1.72. The van der Waals surface area contributed by atoms with Crippen LogP contribution in [-0.4, -0.2) is 40.6 Å². The van der Waals surface area contributed by atoms with Gasteiger partial charge in [0, 0.05) is 6.04 Å². The number of hydrogen-bond donors (Lipinski definition) is 1. The molecule has 1 amide bonds. The van der Waals surface area contributed by atoms with Crippen LogP contribution in [0.4, 0.5) is 0 Å². The van der Waals surface area contributed by atoms with Crippen LogP contribution in [-0.2, 0) is 4.79 Å². The maximum Gasteiger partial charge on any atom is 0.241 e. The molecule has 1 saturated carbocycles. The van der Waals surface area contributed by atoms with Crippen LogP contribution >= 0.6 is 11.8 Å². The molecule has 21 heavy (non-hydrogen) atoms. The highest BCUT2D eigenvalue weighted by Crippen LogP contribution is 2.36. The molecule has 0 bridgehead atoms. The fourth-order valence-corrected chi connectivity index (χ4v) is 5.38. The van der Waals surface area contributed by atoms with E-state index in [0.717, 1.165) is 12.8 Å². The average Bonchev–Trinajstić information content (AvgIpc) is 3.14. The van der Waals surface area contributed by atoms with E-state index in [1.807, 2.05) is 11.8 Å². The van der Waals surface area contributed by atoms with Gasteiger partial charge in [-0.15, -0.1) is 0 Å². The second-order valence-electron chi connectivity index (χ2n) is 6.94. The lowest BCUT2D eigenvalue weighted by atomic mass is 10.0. The molecule has 2 unspecified atom stereocenters. The predicted molar refractivity (Wildman–Crippen MR) is 89.4 cm³/mol. The van der Waals surface area contributed by atoms with Crippen molar-refractivity contribution in [3.05, 3.63) is 0 Å². The number of nitrogens with one attached hydrogen (secondary N) is 1. The third-order valence-corrected chi connectivity index (χ3v) is 6.55. The Morgan fingerprint density at radius 1 is 1.19 bits per heavy atom. The monoisotopic (exact) mass is 310 g/mol. The van der Waals surface area contributed by atoms with Crippen LogP contribution in [0, 0.1) is 5.92 Å². The fourth-order valence-electron chi connectivity index (χ4n) is 4.30. The van der Waals surface area contributed by atoms with Crippen molar-refractivity contribution in [3.8, 4) is 0 Å². The van der Waals surface area contributed by atoms with Gasteiger partial charge in [0.1, 0.15) is 0 Å². The minimum Gasteiger partial charge on any atom is -0.322 e. The SMILES string of the molecule is CCCCC1NC(C2CCCC2)N(C2CCSCC2)C1=O. The molecule has 3 rings (SSSR count). The third-order valence-electron chi connectivity index (χ3n) is 5.50. The highest BCUT2D eigenvalue weighted by atomic mass is 32.2. The summed E-state index contributed by atoms with van der Waals surface area (Å²) >= 11 is 2.05. The van der Waals surface area contributed by atoms with E-state index in [0.29, 0.717) is 24.0 Å². The summed E-state index contributed by atoms with van der Waals surface area (Å²) in [5.74, 6) is 3.57. The van der Waals surface area contributed by atoms with Crippen molar-refractivity contribution in [1.29, 1.82) is 0 Å². The molecule has 2 atom stereocenters. The molecule has 4 heteroatoms. The average molecular weight is 311 g/mol. The number of carbonyl (C=O) groups is 1. The first-order valence-corrected chi connectivity index (χ1v) is 10.1. The summed E-state index contributed by atoms with van der Waals surface area (Å²) in [5, 5.41) is 3.73. The summed E-state index contributed by atoms with van der Waals surface area (Å²) in [4.78, 5) is 15.2. The van der Waals surface area contributed by atoms with E-state index >= 15 is 0 Å². The minimum absolute atomic E-state index is 0.102. The summed E-state index contributed by atoms with van der Waals surface area (Å²) in [5.41, 5.74) is 0. The molecule has 3 nitrogen and oxygen atoms in total. The van der Waals surface area contributed by atoms with Crippen molar-refractivity contribution < 1.29 is 4.79 Å². The molecule has 1 N–H and O–H groups in total. The number of rotatable bonds is 5. The van der Waals surface area contributed by atoms with Gasteiger partial charge >= 0.3 is 0 Å². The first kappa shape index (κ1) is 15.7. The summed E-state index contributed by atoms with van der Waals surface area (Å²) in [6, 6.07) is 0.605. The van der Waals surface area contributed by atoms with Crippen LogP contribution < -0.4 is 5.32 Å². The Kier molecular flexibility index (Phi) is 5.49. The van der Waals surface area contributed by atoms with Gasteiger partial charge in [0.2, 0.25) is 5.91 Å². The Hall–Kier alpha value is -0.220. The lowest BCUT2D eigenvalue weighted by Crippen LogP contribution is -2.49. The molecule has 0 aromatic carbocycles. The molecule has 0 aromatic heterocycles. The van der Waals surface area contributed by atoms with Gasteiger partial charge in [-0.2, -0.15) is 11.8 Å².